The molecule has 0 aromatic heterocycles. The number of hydrogen-bond acceptors (Lipinski definition) is 8. The predicted molar refractivity (Wildman–Crippen MR) is 169 cm³/mol. The molecule has 4 amide bonds. The van der Waals surface area contributed by atoms with Crippen LogP contribution in [0.3, 0.4) is 0 Å². The van der Waals surface area contributed by atoms with Crippen LogP contribution < -0.4 is 19.3 Å². The Morgan fingerprint density at radius 3 is 1.15 bits per heavy atom. The maximum atomic E-state index is 13.2. The number of rotatable bonds is 8. The van der Waals surface area contributed by atoms with Crippen LogP contribution in [0.25, 0.3) is 0 Å². The molecule has 0 saturated carbocycles. The summed E-state index contributed by atoms with van der Waals surface area (Å²) in [7, 11) is 0. The fraction of sp³-hybridized carbons (Fsp3) is 0. The Kier molecular flexibility index (Phi) is 7.02. The zero-order chi connectivity index (χ0) is 33.7. The van der Waals surface area contributed by atoms with Crippen molar-refractivity contribution in [2.45, 2.75) is 0 Å². The minimum atomic E-state index is -1.27. The van der Waals surface area contributed by atoms with Gasteiger partial charge in [0.25, 0.3) is 23.6 Å². The number of para-hydroxylation sites is 2. The lowest BCUT2D eigenvalue weighted by atomic mass is 10.1. The molecule has 0 spiro atoms. The average molecular weight is 641 g/mol. The molecule has 2 N–H and O–H groups in total. The quantitative estimate of drug-likeness (QED) is 0.185. The molecule has 0 atom stereocenters. The largest absolute Gasteiger partial charge is 0.478 e. The van der Waals surface area contributed by atoms with E-state index in [2.05, 4.69) is 0 Å². The summed E-state index contributed by atoms with van der Waals surface area (Å²) < 4.78 is 11.8. The third-order valence-corrected chi connectivity index (χ3v) is 7.76. The lowest BCUT2D eigenvalue weighted by Crippen LogP contribution is -2.30. The molecule has 7 rings (SSSR count). The average Bonchev–Trinajstić information content (AvgIpc) is 3.48. The van der Waals surface area contributed by atoms with E-state index < -0.39 is 35.6 Å². The third-order valence-electron chi connectivity index (χ3n) is 7.76. The minimum Gasteiger partial charge on any atom is -0.478 e. The number of ether oxygens (including phenoxy) is 2. The number of benzene rings is 5. The van der Waals surface area contributed by atoms with E-state index in [1.165, 1.54) is 84.9 Å². The summed E-state index contributed by atoms with van der Waals surface area (Å²) in [6.45, 7) is 0. The van der Waals surface area contributed by atoms with Gasteiger partial charge in [-0.25, -0.2) is 19.4 Å². The van der Waals surface area contributed by atoms with E-state index in [1.807, 2.05) is 0 Å². The van der Waals surface area contributed by atoms with Gasteiger partial charge < -0.3 is 19.7 Å². The zero-order valence-corrected chi connectivity index (χ0v) is 24.4. The number of carboxylic acids is 2. The van der Waals surface area contributed by atoms with Gasteiger partial charge in [-0.15, -0.1) is 0 Å². The van der Waals surface area contributed by atoms with Crippen molar-refractivity contribution in [2.75, 3.05) is 9.80 Å². The van der Waals surface area contributed by atoms with E-state index in [0.717, 1.165) is 9.80 Å². The highest BCUT2D eigenvalue weighted by molar-refractivity contribution is 6.36. The second kappa shape index (κ2) is 11.4. The number of amides is 4. The van der Waals surface area contributed by atoms with Gasteiger partial charge in [-0.2, -0.15) is 0 Å². The molecule has 5 aromatic rings. The van der Waals surface area contributed by atoms with Gasteiger partial charge in [0.05, 0.1) is 44.8 Å². The van der Waals surface area contributed by atoms with E-state index in [9.17, 15) is 39.0 Å². The lowest BCUT2D eigenvalue weighted by Gasteiger charge is -2.16. The molecule has 2 aliphatic heterocycles. The molecule has 0 fully saturated rings. The van der Waals surface area contributed by atoms with Crippen LogP contribution >= 0.6 is 0 Å². The van der Waals surface area contributed by atoms with Crippen LogP contribution in [0.1, 0.15) is 62.1 Å². The van der Waals surface area contributed by atoms with Crippen molar-refractivity contribution in [3.63, 3.8) is 0 Å². The Morgan fingerprint density at radius 1 is 0.438 bits per heavy atom. The molecular formula is C36H20N2O10. The SMILES string of the molecule is O=C(O)c1ccccc1N1C(=O)c2ccc(Oc3ccc(Oc4ccc5c(c4)C(=O)N(c4ccccc4C(=O)O)C5=O)cc3)cc2C1=O. The molecule has 0 radical (unpaired) electrons. The van der Waals surface area contributed by atoms with Crippen molar-refractivity contribution in [3.8, 4) is 23.0 Å². The van der Waals surface area contributed by atoms with E-state index in [1.54, 1.807) is 24.3 Å². The van der Waals surface area contributed by atoms with Crippen molar-refractivity contribution in [1.29, 1.82) is 0 Å². The number of nitrogens with zero attached hydrogens (tertiary/aromatic N) is 2. The summed E-state index contributed by atoms with van der Waals surface area (Å²) in [5, 5.41) is 19.1. The summed E-state index contributed by atoms with van der Waals surface area (Å²) in [6.07, 6.45) is 0. The molecule has 0 saturated heterocycles. The number of carbonyl (C=O) groups is 6. The van der Waals surface area contributed by atoms with Crippen molar-refractivity contribution in [3.05, 3.63) is 143 Å². The second-order valence-corrected chi connectivity index (χ2v) is 10.6. The van der Waals surface area contributed by atoms with Crippen LogP contribution in [0.2, 0.25) is 0 Å². The van der Waals surface area contributed by atoms with Gasteiger partial charge in [0.1, 0.15) is 23.0 Å². The first-order chi connectivity index (χ1) is 23.1. The monoisotopic (exact) mass is 640 g/mol. The van der Waals surface area contributed by atoms with Crippen LogP contribution in [-0.2, 0) is 0 Å². The standard InChI is InChI=1S/C36H20N2O10/c39-31-23-15-13-21(17-27(23)33(41)37(31)29-7-3-1-5-25(29)35(43)44)47-19-9-11-20(12-10-19)48-22-14-16-24-28(18-22)34(42)38(32(24)40)30-8-4-2-6-26(30)36(45)46/h1-18H,(H,43,44)(H,45,46). The third kappa shape index (κ3) is 4.90. The molecule has 0 bridgehead atoms. The van der Waals surface area contributed by atoms with Crippen LogP contribution in [0, 0.1) is 0 Å². The molecule has 0 unspecified atom stereocenters. The fourth-order valence-electron chi connectivity index (χ4n) is 5.55. The number of fused-ring (bicyclic) bond motifs is 2. The maximum absolute atomic E-state index is 13.2. The number of carbonyl (C=O) groups excluding carboxylic acids is 4. The summed E-state index contributed by atoms with van der Waals surface area (Å²) in [4.78, 5) is 77.6. The van der Waals surface area contributed by atoms with E-state index in [4.69, 9.17) is 9.47 Å². The van der Waals surface area contributed by atoms with Gasteiger partial charge in [-0.05, 0) is 84.9 Å². The van der Waals surface area contributed by atoms with Gasteiger partial charge in [0, 0.05) is 0 Å². The van der Waals surface area contributed by atoms with Crippen LogP contribution in [-0.4, -0.2) is 45.8 Å². The van der Waals surface area contributed by atoms with Gasteiger partial charge in [0.15, 0.2) is 0 Å². The smallest absolute Gasteiger partial charge is 0.337 e. The molecule has 5 aromatic carbocycles. The van der Waals surface area contributed by atoms with Crippen molar-refractivity contribution >= 4 is 46.9 Å². The molecular weight excluding hydrogens is 620 g/mol. The van der Waals surface area contributed by atoms with E-state index in [0.29, 0.717) is 11.5 Å². The summed E-state index contributed by atoms with van der Waals surface area (Å²) in [5.41, 5.74) is -0.0907. The number of carboxylic acid groups (broad SMARTS) is 2. The van der Waals surface area contributed by atoms with Crippen LogP contribution in [0.4, 0.5) is 11.4 Å². The number of imide groups is 2. The molecule has 12 heteroatoms. The lowest BCUT2D eigenvalue weighted by molar-refractivity contribution is 0.0686. The number of anilines is 2. The van der Waals surface area contributed by atoms with E-state index in [-0.39, 0.29) is 56.3 Å². The summed E-state index contributed by atoms with van der Waals surface area (Å²) >= 11 is 0. The van der Waals surface area contributed by atoms with Gasteiger partial charge in [-0.1, -0.05) is 24.3 Å². The fourth-order valence-corrected chi connectivity index (χ4v) is 5.55. The van der Waals surface area contributed by atoms with Gasteiger partial charge in [-0.3, -0.25) is 19.2 Å². The molecule has 2 aliphatic rings. The van der Waals surface area contributed by atoms with Crippen LogP contribution in [0.15, 0.2) is 109 Å². The molecule has 0 aliphatic carbocycles. The number of aromatic carboxylic acids is 2. The van der Waals surface area contributed by atoms with Gasteiger partial charge in [0.2, 0.25) is 0 Å². The number of hydrogen-bond donors (Lipinski definition) is 2. The Labute approximate surface area is 270 Å². The van der Waals surface area contributed by atoms with Crippen LogP contribution in [0.5, 0.6) is 23.0 Å². The Hall–Kier alpha value is -7.08. The zero-order valence-electron chi connectivity index (χ0n) is 24.4. The first kappa shape index (κ1) is 29.6. The molecule has 2 heterocycles. The predicted octanol–water partition coefficient (Wildman–Crippen LogP) is 6.27. The Balaban J connectivity index is 1.06. The first-order valence-corrected chi connectivity index (χ1v) is 14.3. The topological polar surface area (TPSA) is 168 Å². The second-order valence-electron chi connectivity index (χ2n) is 10.6. The normalized spacial score (nSPS) is 13.4. The highest BCUT2D eigenvalue weighted by Gasteiger charge is 2.40. The first-order valence-electron chi connectivity index (χ1n) is 14.3. The summed E-state index contributed by atoms with van der Waals surface area (Å²) in [5.74, 6) is -3.94. The van der Waals surface area contributed by atoms with Gasteiger partial charge >= 0.3 is 11.9 Å². The van der Waals surface area contributed by atoms with Crippen molar-refractivity contribution in [2.24, 2.45) is 0 Å². The highest BCUT2D eigenvalue weighted by atomic mass is 16.5. The Morgan fingerprint density at radius 2 is 0.771 bits per heavy atom. The molecule has 234 valence electrons. The van der Waals surface area contributed by atoms with Crippen molar-refractivity contribution < 1.29 is 48.5 Å². The van der Waals surface area contributed by atoms with Crippen molar-refractivity contribution in [1.82, 2.24) is 0 Å². The highest BCUT2D eigenvalue weighted by Crippen LogP contribution is 2.36. The minimum absolute atomic E-state index is 0.0329. The molecule has 48 heavy (non-hydrogen) atoms. The Bertz CT molecular complexity index is 2080. The maximum Gasteiger partial charge on any atom is 0.337 e. The summed E-state index contributed by atoms with van der Waals surface area (Å²) in [6, 6.07) is 26.6. The van der Waals surface area contributed by atoms with E-state index >= 15 is 0 Å². The molecule has 12 nitrogen and oxygen atoms in total.